The first-order valence-corrected chi connectivity index (χ1v) is 8.22. The molecular weight excluding hydrogens is 262 g/mol. The molecule has 5 heteroatoms. The summed E-state index contributed by atoms with van der Waals surface area (Å²) in [4.78, 5) is 2.50. The standard InChI is InChI=1S/C16H33N5/c1-13(2)9-17-10-16-12-21(19-18-16)8-7-20(15(5)6)11-14(3)4/h12-15,17H,7-11H2,1-6H3. The van der Waals surface area contributed by atoms with Gasteiger partial charge in [0.2, 0.25) is 0 Å². The van der Waals surface area contributed by atoms with Gasteiger partial charge in [-0.2, -0.15) is 0 Å². The van der Waals surface area contributed by atoms with E-state index in [0.29, 0.717) is 17.9 Å². The van der Waals surface area contributed by atoms with E-state index in [0.717, 1.165) is 38.4 Å². The SMILES string of the molecule is CC(C)CNCc1cn(CCN(CC(C)C)C(C)C)nn1. The Kier molecular flexibility index (Phi) is 7.89. The van der Waals surface area contributed by atoms with Crippen LogP contribution in [0.2, 0.25) is 0 Å². The first-order valence-electron chi connectivity index (χ1n) is 8.22. The van der Waals surface area contributed by atoms with Crippen molar-refractivity contribution in [2.45, 2.75) is 60.7 Å². The molecule has 0 bridgehead atoms. The van der Waals surface area contributed by atoms with Gasteiger partial charge in [-0.25, -0.2) is 0 Å². The summed E-state index contributed by atoms with van der Waals surface area (Å²) < 4.78 is 1.96. The molecule has 0 fully saturated rings. The maximum atomic E-state index is 4.23. The van der Waals surface area contributed by atoms with E-state index in [4.69, 9.17) is 0 Å². The molecule has 0 unspecified atom stereocenters. The van der Waals surface area contributed by atoms with Crippen LogP contribution in [-0.2, 0) is 13.1 Å². The summed E-state index contributed by atoms with van der Waals surface area (Å²) in [6, 6.07) is 0.572. The summed E-state index contributed by atoms with van der Waals surface area (Å²) >= 11 is 0. The van der Waals surface area contributed by atoms with E-state index in [1.807, 2.05) is 4.68 Å². The van der Waals surface area contributed by atoms with E-state index in [1.54, 1.807) is 0 Å². The molecule has 1 aromatic rings. The van der Waals surface area contributed by atoms with Gasteiger partial charge in [-0.05, 0) is 32.2 Å². The van der Waals surface area contributed by atoms with Crippen molar-refractivity contribution < 1.29 is 0 Å². The molecule has 0 aliphatic heterocycles. The van der Waals surface area contributed by atoms with E-state index in [2.05, 4.69) is 68.3 Å². The third kappa shape index (κ3) is 7.58. The van der Waals surface area contributed by atoms with Crippen molar-refractivity contribution in [2.75, 3.05) is 19.6 Å². The smallest absolute Gasteiger partial charge is 0.0964 e. The zero-order chi connectivity index (χ0) is 15.8. The largest absolute Gasteiger partial charge is 0.311 e. The lowest BCUT2D eigenvalue weighted by atomic mass is 10.2. The van der Waals surface area contributed by atoms with Crippen LogP contribution < -0.4 is 5.32 Å². The van der Waals surface area contributed by atoms with Crippen LogP contribution in [0.25, 0.3) is 0 Å². The molecular formula is C16H33N5. The molecule has 0 spiro atoms. The molecule has 0 saturated carbocycles. The number of hydrogen-bond acceptors (Lipinski definition) is 4. The highest BCUT2D eigenvalue weighted by atomic mass is 15.4. The lowest BCUT2D eigenvalue weighted by Crippen LogP contribution is -2.36. The van der Waals surface area contributed by atoms with E-state index in [9.17, 15) is 0 Å². The molecule has 0 amide bonds. The highest BCUT2D eigenvalue weighted by Gasteiger charge is 2.11. The third-order valence-electron chi connectivity index (χ3n) is 3.39. The van der Waals surface area contributed by atoms with Gasteiger partial charge >= 0.3 is 0 Å². The Hall–Kier alpha value is -0.940. The van der Waals surface area contributed by atoms with Crippen molar-refractivity contribution in [3.05, 3.63) is 11.9 Å². The molecule has 1 rings (SSSR count). The summed E-state index contributed by atoms with van der Waals surface area (Å²) in [5, 5.41) is 11.9. The average molecular weight is 295 g/mol. The highest BCUT2D eigenvalue weighted by Crippen LogP contribution is 2.04. The van der Waals surface area contributed by atoms with Crippen LogP contribution >= 0.6 is 0 Å². The number of hydrogen-bond donors (Lipinski definition) is 1. The lowest BCUT2D eigenvalue weighted by Gasteiger charge is -2.27. The van der Waals surface area contributed by atoms with E-state index in [-0.39, 0.29) is 0 Å². The second kappa shape index (κ2) is 9.15. The van der Waals surface area contributed by atoms with Crippen LogP contribution in [0.1, 0.15) is 47.2 Å². The summed E-state index contributed by atoms with van der Waals surface area (Å²) in [5.74, 6) is 1.36. The van der Waals surface area contributed by atoms with Crippen LogP contribution in [0, 0.1) is 11.8 Å². The Labute approximate surface area is 130 Å². The van der Waals surface area contributed by atoms with E-state index in [1.165, 1.54) is 0 Å². The molecule has 122 valence electrons. The molecule has 0 aliphatic carbocycles. The molecule has 1 aromatic heterocycles. The van der Waals surface area contributed by atoms with Crippen LogP contribution in [0.4, 0.5) is 0 Å². The van der Waals surface area contributed by atoms with Crippen LogP contribution in [-0.4, -0.2) is 45.6 Å². The summed E-state index contributed by atoms with van der Waals surface area (Å²) in [6.07, 6.45) is 2.06. The van der Waals surface area contributed by atoms with Gasteiger partial charge < -0.3 is 5.32 Å². The summed E-state index contributed by atoms with van der Waals surface area (Å²) in [5.41, 5.74) is 1.02. The lowest BCUT2D eigenvalue weighted by molar-refractivity contribution is 0.187. The van der Waals surface area contributed by atoms with Crippen molar-refractivity contribution >= 4 is 0 Å². The minimum absolute atomic E-state index is 0.572. The molecule has 21 heavy (non-hydrogen) atoms. The highest BCUT2D eigenvalue weighted by molar-refractivity contribution is 4.91. The average Bonchev–Trinajstić information content (AvgIpc) is 2.81. The number of aromatic nitrogens is 3. The number of nitrogens with zero attached hydrogens (tertiary/aromatic N) is 4. The molecule has 0 aromatic carbocycles. The van der Waals surface area contributed by atoms with Gasteiger partial charge in [0.15, 0.2) is 0 Å². The van der Waals surface area contributed by atoms with E-state index >= 15 is 0 Å². The minimum Gasteiger partial charge on any atom is -0.311 e. The topological polar surface area (TPSA) is 46.0 Å². The molecule has 1 N–H and O–H groups in total. The Morgan fingerprint density at radius 1 is 1.14 bits per heavy atom. The minimum atomic E-state index is 0.572. The second-order valence-electron chi connectivity index (χ2n) is 6.98. The van der Waals surface area contributed by atoms with Gasteiger partial charge in [0.1, 0.15) is 0 Å². The maximum absolute atomic E-state index is 4.23. The fourth-order valence-electron chi connectivity index (χ4n) is 2.28. The quantitative estimate of drug-likeness (QED) is 0.720. The Morgan fingerprint density at radius 2 is 1.86 bits per heavy atom. The summed E-state index contributed by atoms with van der Waals surface area (Å²) in [6.45, 7) is 18.3. The third-order valence-corrected chi connectivity index (χ3v) is 3.39. The Balaban J connectivity index is 2.39. The molecule has 1 heterocycles. The van der Waals surface area contributed by atoms with Gasteiger partial charge in [-0.1, -0.05) is 32.9 Å². The molecule has 0 atom stereocenters. The Morgan fingerprint density at radius 3 is 2.43 bits per heavy atom. The molecule has 0 radical (unpaired) electrons. The van der Waals surface area contributed by atoms with Gasteiger partial charge in [0.05, 0.1) is 12.2 Å². The van der Waals surface area contributed by atoms with E-state index < -0.39 is 0 Å². The van der Waals surface area contributed by atoms with Crippen LogP contribution in [0.5, 0.6) is 0 Å². The predicted octanol–water partition coefficient (Wildman–Crippen LogP) is 2.39. The normalized spacial score (nSPS) is 12.3. The van der Waals surface area contributed by atoms with Crippen LogP contribution in [0.3, 0.4) is 0 Å². The molecule has 5 nitrogen and oxygen atoms in total. The first kappa shape index (κ1) is 18.1. The van der Waals surface area contributed by atoms with Crippen molar-refractivity contribution in [1.29, 1.82) is 0 Å². The summed E-state index contributed by atoms with van der Waals surface area (Å²) in [7, 11) is 0. The molecule has 0 aliphatic rings. The number of rotatable bonds is 10. The fraction of sp³-hybridized carbons (Fsp3) is 0.875. The van der Waals surface area contributed by atoms with Gasteiger partial charge in [0, 0.05) is 31.9 Å². The zero-order valence-electron chi connectivity index (χ0n) is 14.6. The van der Waals surface area contributed by atoms with Crippen LogP contribution in [0.15, 0.2) is 6.20 Å². The van der Waals surface area contributed by atoms with Gasteiger partial charge in [-0.15, -0.1) is 5.10 Å². The number of nitrogens with one attached hydrogen (secondary N) is 1. The molecule has 0 saturated heterocycles. The maximum Gasteiger partial charge on any atom is 0.0964 e. The van der Waals surface area contributed by atoms with Crippen molar-refractivity contribution in [2.24, 2.45) is 11.8 Å². The zero-order valence-corrected chi connectivity index (χ0v) is 14.6. The van der Waals surface area contributed by atoms with Crippen molar-refractivity contribution in [1.82, 2.24) is 25.2 Å². The van der Waals surface area contributed by atoms with Crippen molar-refractivity contribution in [3.8, 4) is 0 Å². The van der Waals surface area contributed by atoms with Crippen molar-refractivity contribution in [3.63, 3.8) is 0 Å². The fourth-order valence-corrected chi connectivity index (χ4v) is 2.28. The monoisotopic (exact) mass is 295 g/mol. The van der Waals surface area contributed by atoms with Gasteiger partial charge in [0.25, 0.3) is 0 Å². The van der Waals surface area contributed by atoms with Gasteiger partial charge in [-0.3, -0.25) is 9.58 Å². The predicted molar refractivity (Wildman–Crippen MR) is 88.1 cm³/mol. The Bertz CT molecular complexity index is 384. The second-order valence-corrected chi connectivity index (χ2v) is 6.98. The first-order chi connectivity index (χ1) is 9.88.